The Hall–Kier alpha value is -0.810. The molecule has 0 fully saturated rings. The van der Waals surface area contributed by atoms with Crippen molar-refractivity contribution in [1.29, 1.82) is 0 Å². The number of hydrogen-bond donors (Lipinski definition) is 1. The third kappa shape index (κ3) is 9.73. The predicted octanol–water partition coefficient (Wildman–Crippen LogP) is 3.22. The lowest BCUT2D eigenvalue weighted by Crippen LogP contribution is -2.43. The molecular formula is C10H19F4NO. The smallest absolute Gasteiger partial charge is 0.346 e. The lowest BCUT2D eigenvalue weighted by molar-refractivity contribution is -0.174. The van der Waals surface area contributed by atoms with E-state index < -0.39 is 23.8 Å². The maximum Gasteiger partial charge on any atom is 0.471 e. The SMILES string of the molecule is CC.CC(CC(C)(C)F)NC(=O)C(F)(F)F. The third-order valence-corrected chi connectivity index (χ3v) is 1.43. The van der Waals surface area contributed by atoms with Crippen LogP contribution in [0.25, 0.3) is 0 Å². The average Bonchev–Trinajstić information content (AvgIpc) is 2.02. The van der Waals surface area contributed by atoms with Crippen LogP contribution in [-0.4, -0.2) is 23.8 Å². The molecule has 0 aliphatic heterocycles. The van der Waals surface area contributed by atoms with E-state index in [4.69, 9.17) is 0 Å². The van der Waals surface area contributed by atoms with Crippen molar-refractivity contribution < 1.29 is 22.4 Å². The number of rotatable bonds is 3. The van der Waals surface area contributed by atoms with Gasteiger partial charge in [-0.1, -0.05) is 13.8 Å². The molecule has 0 aliphatic rings. The summed E-state index contributed by atoms with van der Waals surface area (Å²) >= 11 is 0. The highest BCUT2D eigenvalue weighted by atomic mass is 19.4. The van der Waals surface area contributed by atoms with Gasteiger partial charge in [0, 0.05) is 12.5 Å². The second kappa shape index (κ2) is 6.70. The summed E-state index contributed by atoms with van der Waals surface area (Å²) in [7, 11) is 0. The molecule has 6 heteroatoms. The van der Waals surface area contributed by atoms with Gasteiger partial charge >= 0.3 is 12.1 Å². The van der Waals surface area contributed by atoms with Gasteiger partial charge < -0.3 is 5.32 Å². The van der Waals surface area contributed by atoms with Crippen molar-refractivity contribution in [2.45, 2.75) is 58.9 Å². The fourth-order valence-corrected chi connectivity index (χ4v) is 1.08. The van der Waals surface area contributed by atoms with Gasteiger partial charge in [0.1, 0.15) is 5.67 Å². The molecule has 98 valence electrons. The fourth-order valence-electron chi connectivity index (χ4n) is 1.08. The predicted molar refractivity (Wildman–Crippen MR) is 54.8 cm³/mol. The first kappa shape index (κ1) is 17.6. The summed E-state index contributed by atoms with van der Waals surface area (Å²) < 4.78 is 48.2. The van der Waals surface area contributed by atoms with Gasteiger partial charge in [0.25, 0.3) is 0 Å². The molecule has 0 aliphatic carbocycles. The molecule has 2 nitrogen and oxygen atoms in total. The van der Waals surface area contributed by atoms with E-state index >= 15 is 0 Å². The Morgan fingerprint density at radius 1 is 1.19 bits per heavy atom. The Balaban J connectivity index is 0. The highest BCUT2D eigenvalue weighted by Crippen LogP contribution is 2.18. The number of alkyl halides is 4. The van der Waals surface area contributed by atoms with Gasteiger partial charge in [-0.05, 0) is 20.8 Å². The molecule has 0 spiro atoms. The standard InChI is InChI=1S/C8H13F4NO.C2H6/c1-5(4-7(2,3)9)13-6(14)8(10,11)12;1-2/h5H,4H2,1-3H3,(H,13,14);1-2H3. The maximum absolute atomic E-state index is 13.0. The van der Waals surface area contributed by atoms with E-state index in [1.807, 2.05) is 13.8 Å². The van der Waals surface area contributed by atoms with Crippen molar-refractivity contribution in [2.75, 3.05) is 0 Å². The summed E-state index contributed by atoms with van der Waals surface area (Å²) in [6.45, 7) is 7.80. The van der Waals surface area contributed by atoms with E-state index in [0.29, 0.717) is 0 Å². The second-order valence-electron chi connectivity index (χ2n) is 3.80. The van der Waals surface area contributed by atoms with Crippen LogP contribution in [0.3, 0.4) is 0 Å². The van der Waals surface area contributed by atoms with Gasteiger partial charge in [-0.3, -0.25) is 4.79 Å². The maximum atomic E-state index is 13.0. The number of carbonyl (C=O) groups is 1. The first-order valence-corrected chi connectivity index (χ1v) is 5.09. The highest BCUT2D eigenvalue weighted by molar-refractivity contribution is 5.81. The van der Waals surface area contributed by atoms with Gasteiger partial charge in [0.05, 0.1) is 0 Å². The minimum atomic E-state index is -4.91. The number of hydrogen-bond acceptors (Lipinski definition) is 1. The third-order valence-electron chi connectivity index (χ3n) is 1.43. The molecule has 1 atom stereocenters. The first-order chi connectivity index (χ1) is 7.02. The van der Waals surface area contributed by atoms with Crippen molar-refractivity contribution in [3.8, 4) is 0 Å². The lowest BCUT2D eigenvalue weighted by atomic mass is 10.0. The Morgan fingerprint density at radius 3 is 1.81 bits per heavy atom. The molecule has 0 saturated carbocycles. The van der Waals surface area contributed by atoms with Crippen LogP contribution in [-0.2, 0) is 4.79 Å². The Labute approximate surface area is 93.4 Å². The second-order valence-corrected chi connectivity index (χ2v) is 3.80. The van der Waals surface area contributed by atoms with Gasteiger partial charge in [-0.15, -0.1) is 0 Å². The van der Waals surface area contributed by atoms with Crippen LogP contribution in [0, 0.1) is 0 Å². The summed E-state index contributed by atoms with van der Waals surface area (Å²) in [5, 5.41) is 1.67. The molecule has 0 aromatic carbocycles. The largest absolute Gasteiger partial charge is 0.471 e. The van der Waals surface area contributed by atoms with Gasteiger partial charge in [0.15, 0.2) is 0 Å². The Kier molecular flexibility index (Phi) is 7.37. The van der Waals surface area contributed by atoms with Crippen LogP contribution in [0.1, 0.15) is 41.0 Å². The topological polar surface area (TPSA) is 29.1 Å². The number of nitrogens with one attached hydrogen (secondary N) is 1. The van der Waals surface area contributed by atoms with Crippen LogP contribution in [0.4, 0.5) is 17.6 Å². The minimum absolute atomic E-state index is 0.158. The lowest BCUT2D eigenvalue weighted by Gasteiger charge is -2.21. The van der Waals surface area contributed by atoms with Crippen molar-refractivity contribution in [2.24, 2.45) is 0 Å². The summed E-state index contributed by atoms with van der Waals surface area (Å²) in [6.07, 6.45) is -5.07. The molecule has 0 saturated heterocycles. The molecule has 0 radical (unpaired) electrons. The molecule has 0 aromatic rings. The van der Waals surface area contributed by atoms with Crippen LogP contribution in [0.15, 0.2) is 0 Å². The molecule has 1 unspecified atom stereocenters. The van der Waals surface area contributed by atoms with Crippen LogP contribution in [0.5, 0.6) is 0 Å². The van der Waals surface area contributed by atoms with Crippen molar-refractivity contribution >= 4 is 5.91 Å². The number of carbonyl (C=O) groups excluding carboxylic acids is 1. The molecule has 0 rings (SSSR count). The van der Waals surface area contributed by atoms with Gasteiger partial charge in [-0.25, -0.2) is 4.39 Å². The molecule has 0 aromatic heterocycles. The zero-order valence-corrected chi connectivity index (χ0v) is 10.2. The fraction of sp³-hybridized carbons (Fsp3) is 0.900. The normalized spacial score (nSPS) is 13.6. The van der Waals surface area contributed by atoms with E-state index in [1.54, 1.807) is 5.32 Å². The van der Waals surface area contributed by atoms with E-state index in [0.717, 1.165) is 0 Å². The first-order valence-electron chi connectivity index (χ1n) is 5.09. The minimum Gasteiger partial charge on any atom is -0.346 e. The molecule has 1 amide bonds. The van der Waals surface area contributed by atoms with E-state index in [-0.39, 0.29) is 6.42 Å². The van der Waals surface area contributed by atoms with Gasteiger partial charge in [-0.2, -0.15) is 13.2 Å². The van der Waals surface area contributed by atoms with Crippen LogP contribution in [0.2, 0.25) is 0 Å². The highest BCUT2D eigenvalue weighted by Gasteiger charge is 2.39. The van der Waals surface area contributed by atoms with Crippen LogP contribution >= 0.6 is 0 Å². The van der Waals surface area contributed by atoms with Crippen molar-refractivity contribution in [3.05, 3.63) is 0 Å². The molecule has 1 N–H and O–H groups in total. The zero-order valence-electron chi connectivity index (χ0n) is 10.2. The number of amides is 1. The monoisotopic (exact) mass is 245 g/mol. The molecular weight excluding hydrogens is 226 g/mol. The summed E-state index contributed by atoms with van der Waals surface area (Å²) in [5.41, 5.74) is -1.60. The molecule has 0 bridgehead atoms. The Bertz CT molecular complexity index is 208. The van der Waals surface area contributed by atoms with E-state index in [9.17, 15) is 22.4 Å². The zero-order chi connectivity index (χ0) is 13.6. The summed E-state index contributed by atoms with van der Waals surface area (Å²) in [4.78, 5) is 10.4. The molecule has 16 heavy (non-hydrogen) atoms. The van der Waals surface area contributed by atoms with Crippen molar-refractivity contribution in [3.63, 3.8) is 0 Å². The van der Waals surface area contributed by atoms with Gasteiger partial charge in [0.2, 0.25) is 0 Å². The van der Waals surface area contributed by atoms with Crippen LogP contribution < -0.4 is 5.32 Å². The quantitative estimate of drug-likeness (QED) is 0.760. The average molecular weight is 245 g/mol. The van der Waals surface area contributed by atoms with E-state index in [1.165, 1.54) is 20.8 Å². The molecule has 0 heterocycles. The summed E-state index contributed by atoms with van der Waals surface area (Å²) in [6, 6.07) is -0.843. The van der Waals surface area contributed by atoms with Crippen molar-refractivity contribution in [1.82, 2.24) is 5.32 Å². The van der Waals surface area contributed by atoms with E-state index in [2.05, 4.69) is 0 Å². The number of halogens is 4. The summed E-state index contributed by atoms with van der Waals surface area (Å²) in [5.74, 6) is -2.03. The Morgan fingerprint density at radius 2 is 1.56 bits per heavy atom.